The molecule has 0 radical (unpaired) electrons. The summed E-state index contributed by atoms with van der Waals surface area (Å²) in [6, 6.07) is 4.65. The summed E-state index contributed by atoms with van der Waals surface area (Å²) in [5, 5.41) is 10.7. The van der Waals surface area contributed by atoms with Gasteiger partial charge in [0, 0.05) is 11.6 Å². The lowest BCUT2D eigenvalue weighted by molar-refractivity contribution is -0.140. The van der Waals surface area contributed by atoms with Gasteiger partial charge in [-0.25, -0.2) is 0 Å². The van der Waals surface area contributed by atoms with E-state index >= 15 is 0 Å². The Morgan fingerprint density at radius 1 is 1.06 bits per heavy atom. The Bertz CT molecular complexity index is 1030. The fourth-order valence-corrected chi connectivity index (χ4v) is 4.20. The van der Waals surface area contributed by atoms with Gasteiger partial charge in [0.25, 0.3) is 0 Å². The van der Waals surface area contributed by atoms with Gasteiger partial charge >= 0.3 is 5.97 Å². The molecule has 1 atom stereocenters. The first-order valence-electron chi connectivity index (χ1n) is 10.9. The largest absolute Gasteiger partial charge is 0.502 e. The number of carbonyl (C=O) groups excluding carboxylic acids is 1. The molecule has 0 aliphatic carbocycles. The summed E-state index contributed by atoms with van der Waals surface area (Å²) in [6.07, 6.45) is 3.17. The van der Waals surface area contributed by atoms with Crippen molar-refractivity contribution in [1.82, 2.24) is 4.90 Å². The van der Waals surface area contributed by atoms with E-state index in [1.165, 1.54) is 40.9 Å². The predicted molar refractivity (Wildman–Crippen MR) is 120 cm³/mol. The van der Waals surface area contributed by atoms with E-state index in [0.29, 0.717) is 35.1 Å². The molecule has 9 heteroatoms. The number of piperidine rings is 1. The molecule has 1 aromatic heterocycles. The average Bonchev–Trinajstić information content (AvgIpc) is 2.84. The van der Waals surface area contributed by atoms with Crippen LogP contribution in [0.25, 0.3) is 0 Å². The lowest BCUT2D eigenvalue weighted by Crippen LogP contribution is -2.29. The third-order valence-electron chi connectivity index (χ3n) is 5.85. The van der Waals surface area contributed by atoms with Crippen LogP contribution in [-0.2, 0) is 16.1 Å². The Hall–Kier alpha value is -3.20. The summed E-state index contributed by atoms with van der Waals surface area (Å²) in [6.45, 7) is 2.26. The molecule has 1 fully saturated rings. The summed E-state index contributed by atoms with van der Waals surface area (Å²) in [7, 11) is 5.70. The number of ether oxygens (including phenoxy) is 4. The molecule has 1 aromatic carbocycles. The molecule has 1 aliphatic heterocycles. The van der Waals surface area contributed by atoms with Crippen LogP contribution in [0.1, 0.15) is 48.7 Å². The first kappa shape index (κ1) is 24.4. The number of hydrogen-bond acceptors (Lipinski definition) is 9. The summed E-state index contributed by atoms with van der Waals surface area (Å²) in [5.41, 5.74) is -0.0910. The van der Waals surface area contributed by atoms with Gasteiger partial charge in [0.15, 0.2) is 17.3 Å². The third kappa shape index (κ3) is 5.42. The Labute approximate surface area is 192 Å². The van der Waals surface area contributed by atoms with Crippen molar-refractivity contribution in [3.8, 4) is 23.0 Å². The van der Waals surface area contributed by atoms with Gasteiger partial charge in [-0.2, -0.15) is 0 Å². The average molecular weight is 462 g/mol. The topological polar surface area (TPSA) is 108 Å². The van der Waals surface area contributed by atoms with Crippen LogP contribution in [0.3, 0.4) is 0 Å². The summed E-state index contributed by atoms with van der Waals surface area (Å²) in [5.74, 6) is -0.508. The maximum absolute atomic E-state index is 12.7. The van der Waals surface area contributed by atoms with Crippen molar-refractivity contribution >= 4 is 5.97 Å². The normalized spacial score (nSPS) is 15.0. The maximum atomic E-state index is 12.7. The van der Waals surface area contributed by atoms with Crippen LogP contribution >= 0.6 is 0 Å². The zero-order chi connectivity index (χ0) is 24.0. The molecular formula is C24H31NO8. The zero-order valence-corrected chi connectivity index (χ0v) is 19.5. The van der Waals surface area contributed by atoms with E-state index < -0.39 is 23.1 Å². The van der Waals surface area contributed by atoms with Gasteiger partial charge in [0.05, 0.1) is 47.3 Å². The molecule has 2 heterocycles. The molecule has 1 unspecified atom stereocenters. The molecule has 2 aromatic rings. The summed E-state index contributed by atoms with van der Waals surface area (Å²) in [4.78, 5) is 27.2. The van der Waals surface area contributed by atoms with Crippen molar-refractivity contribution < 1.29 is 33.3 Å². The number of benzene rings is 1. The van der Waals surface area contributed by atoms with Gasteiger partial charge in [0.1, 0.15) is 5.76 Å². The molecule has 9 nitrogen and oxygen atoms in total. The molecule has 33 heavy (non-hydrogen) atoms. The second-order valence-electron chi connectivity index (χ2n) is 7.88. The van der Waals surface area contributed by atoms with Crippen molar-refractivity contribution in [2.24, 2.45) is 0 Å². The first-order chi connectivity index (χ1) is 15.9. The third-order valence-corrected chi connectivity index (χ3v) is 5.85. The molecule has 1 aliphatic rings. The van der Waals surface area contributed by atoms with Crippen LogP contribution < -0.4 is 19.6 Å². The molecule has 3 rings (SSSR count). The van der Waals surface area contributed by atoms with Crippen LogP contribution in [0.5, 0.6) is 23.0 Å². The molecule has 0 saturated carbocycles. The smallest absolute Gasteiger partial charge is 0.306 e. The van der Waals surface area contributed by atoms with Gasteiger partial charge < -0.3 is 28.5 Å². The maximum Gasteiger partial charge on any atom is 0.306 e. The van der Waals surface area contributed by atoms with Crippen LogP contribution in [0.15, 0.2) is 27.4 Å². The monoisotopic (exact) mass is 461 g/mol. The van der Waals surface area contributed by atoms with Crippen molar-refractivity contribution in [2.75, 3.05) is 41.5 Å². The predicted octanol–water partition coefficient (Wildman–Crippen LogP) is 3.05. The first-order valence-corrected chi connectivity index (χ1v) is 10.9. The van der Waals surface area contributed by atoms with Gasteiger partial charge in [-0.15, -0.1) is 0 Å². The minimum absolute atomic E-state index is 0.0228. The number of likely N-dealkylation sites (tertiary alicyclic amines) is 1. The molecule has 0 amide bonds. The van der Waals surface area contributed by atoms with E-state index in [-0.39, 0.29) is 12.2 Å². The molecule has 0 bridgehead atoms. The second-order valence-corrected chi connectivity index (χ2v) is 7.88. The highest BCUT2D eigenvalue weighted by Crippen LogP contribution is 2.46. The van der Waals surface area contributed by atoms with Gasteiger partial charge in [-0.3, -0.25) is 14.5 Å². The van der Waals surface area contributed by atoms with E-state index in [9.17, 15) is 14.7 Å². The highest BCUT2D eigenvalue weighted by Gasteiger charge is 2.31. The van der Waals surface area contributed by atoms with Gasteiger partial charge in [0.2, 0.25) is 16.9 Å². The van der Waals surface area contributed by atoms with E-state index in [2.05, 4.69) is 4.90 Å². The highest BCUT2D eigenvalue weighted by atomic mass is 16.5. The molecular weight excluding hydrogens is 430 g/mol. The van der Waals surface area contributed by atoms with Gasteiger partial charge in [-0.05, 0) is 32.0 Å². The fourth-order valence-electron chi connectivity index (χ4n) is 4.20. The summed E-state index contributed by atoms with van der Waals surface area (Å²) >= 11 is 0. The fraction of sp³-hybridized carbons (Fsp3) is 0.500. The van der Waals surface area contributed by atoms with Crippen LogP contribution in [0, 0.1) is 0 Å². The second kappa shape index (κ2) is 11.1. The number of rotatable bonds is 9. The van der Waals surface area contributed by atoms with Crippen molar-refractivity contribution in [3.63, 3.8) is 0 Å². The van der Waals surface area contributed by atoms with Crippen LogP contribution in [-0.4, -0.2) is 57.5 Å². The van der Waals surface area contributed by atoms with E-state index in [0.717, 1.165) is 25.9 Å². The lowest BCUT2D eigenvalue weighted by Gasteiger charge is -2.26. The summed E-state index contributed by atoms with van der Waals surface area (Å²) < 4.78 is 27.3. The van der Waals surface area contributed by atoms with Crippen molar-refractivity contribution in [3.05, 3.63) is 45.5 Å². The Balaban J connectivity index is 2.13. The zero-order valence-electron chi connectivity index (χ0n) is 19.5. The quantitative estimate of drug-likeness (QED) is 0.564. The molecule has 1 N–H and O–H groups in total. The van der Waals surface area contributed by atoms with Crippen molar-refractivity contribution in [2.45, 2.75) is 38.1 Å². The number of methoxy groups -OCH3 is 4. The van der Waals surface area contributed by atoms with E-state index in [1.807, 2.05) is 0 Å². The number of hydrogen-bond donors (Lipinski definition) is 1. The standard InChI is InChI=1S/C24H31NO8/c1-29-19-9-8-16(23(31-3)24(19)32-4)17(13-20(27)30-2)22-21(28)18(26)12-15(33-22)14-25-10-6-5-7-11-25/h8-9,12,17,28H,5-7,10-11,13-14H2,1-4H3. The molecule has 1 saturated heterocycles. The number of nitrogens with zero attached hydrogens (tertiary/aromatic N) is 1. The Morgan fingerprint density at radius 3 is 2.36 bits per heavy atom. The molecule has 0 spiro atoms. The number of esters is 1. The highest BCUT2D eigenvalue weighted by molar-refractivity contribution is 5.72. The van der Waals surface area contributed by atoms with Crippen LogP contribution in [0.2, 0.25) is 0 Å². The van der Waals surface area contributed by atoms with Gasteiger partial charge in [-0.1, -0.05) is 12.5 Å². The van der Waals surface area contributed by atoms with E-state index in [4.69, 9.17) is 23.4 Å². The molecule has 180 valence electrons. The minimum atomic E-state index is -0.860. The Morgan fingerprint density at radius 2 is 1.76 bits per heavy atom. The van der Waals surface area contributed by atoms with E-state index in [1.54, 1.807) is 12.1 Å². The Kier molecular flexibility index (Phi) is 8.21. The SMILES string of the molecule is COC(=O)CC(c1ccc(OC)c(OC)c1OC)c1oc(CN2CCCCC2)cc(=O)c1O. The number of aromatic hydroxyl groups is 1. The van der Waals surface area contributed by atoms with Crippen molar-refractivity contribution in [1.29, 1.82) is 0 Å². The van der Waals surface area contributed by atoms with Crippen LogP contribution in [0.4, 0.5) is 0 Å². The number of carbonyl (C=O) groups is 1. The minimum Gasteiger partial charge on any atom is -0.502 e. The lowest BCUT2D eigenvalue weighted by atomic mass is 9.90.